The van der Waals surface area contributed by atoms with Gasteiger partial charge in [-0.25, -0.2) is 4.39 Å². The number of aliphatic hydroxyl groups excluding tert-OH is 1. The monoisotopic (exact) mass is 398 g/mol. The van der Waals surface area contributed by atoms with Crippen molar-refractivity contribution in [2.75, 3.05) is 0 Å². The van der Waals surface area contributed by atoms with Gasteiger partial charge in [0.15, 0.2) is 11.4 Å². The van der Waals surface area contributed by atoms with Gasteiger partial charge in [-0.2, -0.15) is 0 Å². The third kappa shape index (κ3) is 2.41. The molecule has 1 aromatic heterocycles. The Morgan fingerprint density at radius 3 is 2.55 bits per heavy atom. The number of hydrogen-bond donors (Lipinski definition) is 1. The zero-order valence-corrected chi connectivity index (χ0v) is 13.3. The fourth-order valence-corrected chi connectivity index (χ4v) is 2.67. The van der Waals surface area contributed by atoms with Crippen molar-refractivity contribution in [3.8, 4) is 0 Å². The number of aliphatic hydroxyl groups is 1. The molecule has 0 aliphatic rings. The van der Waals surface area contributed by atoms with Crippen LogP contribution >= 0.6 is 31.9 Å². The van der Waals surface area contributed by atoms with Gasteiger partial charge in [-0.15, -0.1) is 0 Å². The van der Waals surface area contributed by atoms with E-state index in [-0.39, 0.29) is 5.58 Å². The van der Waals surface area contributed by atoms with Crippen molar-refractivity contribution in [2.24, 2.45) is 0 Å². The summed E-state index contributed by atoms with van der Waals surface area (Å²) in [5.41, 5.74) is 0.831. The Bertz CT molecular complexity index is 783. The number of fused-ring (bicyclic) bond motifs is 1. The summed E-state index contributed by atoms with van der Waals surface area (Å²) in [7, 11) is 0. The van der Waals surface area contributed by atoms with Crippen LogP contribution in [0.25, 0.3) is 11.0 Å². The van der Waals surface area contributed by atoms with Gasteiger partial charge in [-0.3, -0.25) is 0 Å². The van der Waals surface area contributed by atoms with Gasteiger partial charge in [0.25, 0.3) is 0 Å². The topological polar surface area (TPSA) is 33.4 Å². The predicted molar refractivity (Wildman–Crippen MR) is 82.1 cm³/mol. The number of halogens is 3. The zero-order valence-electron chi connectivity index (χ0n) is 10.1. The van der Waals surface area contributed by atoms with E-state index >= 15 is 0 Å². The van der Waals surface area contributed by atoms with E-state index in [0.717, 1.165) is 8.95 Å². The summed E-state index contributed by atoms with van der Waals surface area (Å²) in [6, 6.07) is 11.7. The molecular formula is C15H9Br2FO2. The average Bonchev–Trinajstić information content (AvgIpc) is 2.86. The molecule has 0 amide bonds. The first-order valence-corrected chi connectivity index (χ1v) is 7.46. The van der Waals surface area contributed by atoms with Gasteiger partial charge in [-0.05, 0) is 61.7 Å². The molecule has 0 fully saturated rings. The van der Waals surface area contributed by atoms with Crippen molar-refractivity contribution >= 4 is 42.8 Å². The SMILES string of the molecule is OC(c1ccc(Br)c(Br)c1)c1cc2cccc(F)c2o1. The van der Waals surface area contributed by atoms with Crippen LogP contribution in [0.1, 0.15) is 17.4 Å². The fraction of sp³-hybridized carbons (Fsp3) is 0.0667. The van der Waals surface area contributed by atoms with Gasteiger partial charge in [0.1, 0.15) is 11.9 Å². The second-order valence-electron chi connectivity index (χ2n) is 4.38. The average molecular weight is 400 g/mol. The molecule has 5 heteroatoms. The fourth-order valence-electron chi connectivity index (χ4n) is 2.03. The molecule has 0 saturated heterocycles. The molecule has 0 aliphatic carbocycles. The summed E-state index contributed by atoms with van der Waals surface area (Å²) < 4.78 is 20.7. The Morgan fingerprint density at radius 2 is 1.85 bits per heavy atom. The number of rotatable bonds is 2. The summed E-state index contributed by atoms with van der Waals surface area (Å²) >= 11 is 6.76. The first-order valence-electron chi connectivity index (χ1n) is 5.87. The molecule has 3 rings (SSSR count). The molecule has 20 heavy (non-hydrogen) atoms. The summed E-state index contributed by atoms with van der Waals surface area (Å²) in [6.45, 7) is 0. The van der Waals surface area contributed by atoms with Crippen molar-refractivity contribution in [1.82, 2.24) is 0 Å². The summed E-state index contributed by atoms with van der Waals surface area (Å²) in [5, 5.41) is 11.0. The Labute approximate surface area is 131 Å². The van der Waals surface area contributed by atoms with E-state index in [1.807, 2.05) is 6.07 Å². The van der Waals surface area contributed by atoms with Gasteiger partial charge >= 0.3 is 0 Å². The number of benzene rings is 2. The first-order chi connectivity index (χ1) is 9.56. The number of furan rings is 1. The van der Waals surface area contributed by atoms with E-state index in [1.54, 1.807) is 30.3 Å². The maximum Gasteiger partial charge on any atom is 0.170 e. The van der Waals surface area contributed by atoms with Gasteiger partial charge < -0.3 is 9.52 Å². The molecule has 1 atom stereocenters. The molecule has 2 aromatic carbocycles. The number of hydrogen-bond acceptors (Lipinski definition) is 2. The van der Waals surface area contributed by atoms with Crippen molar-refractivity contribution in [3.63, 3.8) is 0 Å². The second kappa shape index (κ2) is 5.31. The van der Waals surface area contributed by atoms with Crippen LogP contribution in [0.2, 0.25) is 0 Å². The highest BCUT2D eigenvalue weighted by Crippen LogP contribution is 2.32. The minimum Gasteiger partial charge on any atom is -0.455 e. The molecule has 0 aliphatic heterocycles. The van der Waals surface area contributed by atoms with Crippen LogP contribution in [0, 0.1) is 5.82 Å². The van der Waals surface area contributed by atoms with Crippen LogP contribution in [0.3, 0.4) is 0 Å². The largest absolute Gasteiger partial charge is 0.455 e. The van der Waals surface area contributed by atoms with E-state index in [9.17, 15) is 9.50 Å². The smallest absolute Gasteiger partial charge is 0.170 e. The van der Waals surface area contributed by atoms with Crippen LogP contribution in [0.5, 0.6) is 0 Å². The Hall–Kier alpha value is -1.17. The molecule has 0 spiro atoms. The second-order valence-corrected chi connectivity index (χ2v) is 6.09. The van der Waals surface area contributed by atoms with Crippen molar-refractivity contribution in [1.29, 1.82) is 0 Å². The molecular weight excluding hydrogens is 391 g/mol. The van der Waals surface area contributed by atoms with Crippen LogP contribution in [-0.2, 0) is 0 Å². The lowest BCUT2D eigenvalue weighted by atomic mass is 10.1. The minimum atomic E-state index is -0.939. The summed E-state index contributed by atoms with van der Waals surface area (Å²) in [6.07, 6.45) is -0.939. The first kappa shape index (κ1) is 13.8. The third-order valence-electron chi connectivity index (χ3n) is 3.04. The number of para-hydroxylation sites is 1. The summed E-state index contributed by atoms with van der Waals surface area (Å²) in [5.74, 6) is -0.114. The highest BCUT2D eigenvalue weighted by molar-refractivity contribution is 9.13. The van der Waals surface area contributed by atoms with Crippen LogP contribution in [0.15, 0.2) is 55.8 Å². The van der Waals surface area contributed by atoms with Gasteiger partial charge in [0.2, 0.25) is 0 Å². The lowest BCUT2D eigenvalue weighted by Crippen LogP contribution is -1.97. The summed E-state index contributed by atoms with van der Waals surface area (Å²) in [4.78, 5) is 0. The van der Waals surface area contributed by atoms with E-state index in [1.165, 1.54) is 6.07 Å². The lowest BCUT2D eigenvalue weighted by molar-refractivity contribution is 0.192. The van der Waals surface area contributed by atoms with E-state index in [4.69, 9.17) is 4.42 Å². The standard InChI is InChI=1S/C15H9Br2FO2/c16-10-5-4-8(6-11(10)17)14(19)13-7-9-2-1-3-12(18)15(9)20-13/h1-7,14,19H. The van der Waals surface area contributed by atoms with E-state index in [0.29, 0.717) is 16.7 Å². The van der Waals surface area contributed by atoms with Gasteiger partial charge in [0, 0.05) is 14.3 Å². The Kier molecular flexibility index (Phi) is 3.67. The predicted octanol–water partition coefficient (Wildman–Crippen LogP) is 5.18. The van der Waals surface area contributed by atoms with Crippen LogP contribution < -0.4 is 0 Å². The molecule has 0 radical (unpaired) electrons. The third-order valence-corrected chi connectivity index (χ3v) is 4.92. The quantitative estimate of drug-likeness (QED) is 0.644. The molecule has 1 N–H and O–H groups in total. The van der Waals surface area contributed by atoms with Crippen LogP contribution in [0.4, 0.5) is 4.39 Å². The highest BCUT2D eigenvalue weighted by atomic mass is 79.9. The van der Waals surface area contributed by atoms with E-state index in [2.05, 4.69) is 31.9 Å². The normalized spacial score (nSPS) is 12.8. The maximum absolute atomic E-state index is 13.6. The molecule has 102 valence electrons. The Balaban J connectivity index is 2.05. The van der Waals surface area contributed by atoms with E-state index < -0.39 is 11.9 Å². The van der Waals surface area contributed by atoms with Crippen molar-refractivity contribution in [3.05, 3.63) is 68.6 Å². The zero-order chi connectivity index (χ0) is 14.3. The maximum atomic E-state index is 13.6. The molecule has 3 aromatic rings. The minimum absolute atomic E-state index is 0.165. The van der Waals surface area contributed by atoms with Crippen molar-refractivity contribution < 1.29 is 13.9 Å². The molecule has 1 unspecified atom stereocenters. The molecule has 0 saturated carbocycles. The van der Waals surface area contributed by atoms with Crippen molar-refractivity contribution in [2.45, 2.75) is 6.10 Å². The Morgan fingerprint density at radius 1 is 1.05 bits per heavy atom. The highest BCUT2D eigenvalue weighted by Gasteiger charge is 2.17. The van der Waals surface area contributed by atoms with Gasteiger partial charge in [-0.1, -0.05) is 18.2 Å². The molecule has 2 nitrogen and oxygen atoms in total. The van der Waals surface area contributed by atoms with Gasteiger partial charge in [0.05, 0.1) is 0 Å². The lowest BCUT2D eigenvalue weighted by Gasteiger charge is -2.09. The van der Waals surface area contributed by atoms with Crippen LogP contribution in [-0.4, -0.2) is 5.11 Å². The molecule has 1 heterocycles. The molecule has 0 bridgehead atoms.